The van der Waals surface area contributed by atoms with Crippen molar-refractivity contribution in [2.45, 2.75) is 52.1 Å². The third-order valence-corrected chi connectivity index (χ3v) is 3.43. The average molecular weight is 236 g/mol. The smallest absolute Gasteiger partial charge is 0.119 e. The van der Waals surface area contributed by atoms with Crippen molar-refractivity contribution in [1.29, 1.82) is 0 Å². The Kier molecular flexibility index (Phi) is 5.01. The molecule has 0 saturated heterocycles. The molecule has 1 aromatic rings. The molecule has 2 nitrogen and oxygen atoms in total. The maximum absolute atomic E-state index is 9.42. The van der Waals surface area contributed by atoms with Crippen molar-refractivity contribution in [1.82, 2.24) is 0 Å². The van der Waals surface area contributed by atoms with Gasteiger partial charge in [-0.1, -0.05) is 39.8 Å². The Hall–Kier alpha value is -1.02. The van der Waals surface area contributed by atoms with Gasteiger partial charge >= 0.3 is 0 Å². The second kappa shape index (κ2) is 6.06. The summed E-state index contributed by atoms with van der Waals surface area (Å²) in [4.78, 5) is 0. The lowest BCUT2D eigenvalue weighted by Gasteiger charge is -2.23. The highest BCUT2D eigenvalue weighted by Gasteiger charge is 2.17. The maximum atomic E-state index is 9.42. The van der Waals surface area contributed by atoms with Crippen LogP contribution in [0.25, 0.3) is 0 Å². The highest BCUT2D eigenvalue weighted by molar-refractivity contribution is 5.31. The maximum Gasteiger partial charge on any atom is 0.119 e. The molecule has 0 amide bonds. The Balaban J connectivity index is 2.62. The van der Waals surface area contributed by atoms with Crippen molar-refractivity contribution in [3.8, 4) is 5.75 Å². The molecule has 0 aromatic heterocycles. The summed E-state index contributed by atoms with van der Waals surface area (Å²) in [5.74, 6) is 0.827. The highest BCUT2D eigenvalue weighted by atomic mass is 16.5. The van der Waals surface area contributed by atoms with E-state index in [4.69, 9.17) is 4.74 Å². The summed E-state index contributed by atoms with van der Waals surface area (Å²) in [5.41, 5.74) is 1.53. The number of ether oxygens (including phenoxy) is 1. The van der Waals surface area contributed by atoms with E-state index in [9.17, 15) is 5.11 Å². The first-order chi connectivity index (χ1) is 7.99. The van der Waals surface area contributed by atoms with E-state index in [-0.39, 0.29) is 11.5 Å². The zero-order chi connectivity index (χ0) is 12.9. The SMILES string of the molecule is CCC(O)COc1ccc(C(C)(C)CC)cc1. The summed E-state index contributed by atoms with van der Waals surface area (Å²) < 4.78 is 5.51. The van der Waals surface area contributed by atoms with Crippen LogP contribution in [0, 0.1) is 0 Å². The summed E-state index contributed by atoms with van der Waals surface area (Å²) in [6.45, 7) is 8.99. The molecule has 0 spiro atoms. The first kappa shape index (κ1) is 14.0. The molecular weight excluding hydrogens is 212 g/mol. The van der Waals surface area contributed by atoms with Crippen molar-refractivity contribution >= 4 is 0 Å². The van der Waals surface area contributed by atoms with Gasteiger partial charge in [-0.2, -0.15) is 0 Å². The van der Waals surface area contributed by atoms with E-state index >= 15 is 0 Å². The molecule has 0 aliphatic rings. The number of hydrogen-bond acceptors (Lipinski definition) is 2. The Bertz CT molecular complexity index is 327. The lowest BCUT2D eigenvalue weighted by atomic mass is 9.82. The summed E-state index contributed by atoms with van der Waals surface area (Å²) in [6.07, 6.45) is 1.46. The topological polar surface area (TPSA) is 29.5 Å². The van der Waals surface area contributed by atoms with Gasteiger partial charge in [-0.25, -0.2) is 0 Å². The standard InChI is InChI=1S/C15H24O2/c1-5-13(16)11-17-14-9-7-12(8-10-14)15(3,4)6-2/h7-10,13,16H,5-6,11H2,1-4H3. The normalized spacial score (nSPS) is 13.5. The van der Waals surface area contributed by atoms with Gasteiger partial charge in [0.05, 0.1) is 6.10 Å². The van der Waals surface area contributed by atoms with Crippen LogP contribution in [0.15, 0.2) is 24.3 Å². The van der Waals surface area contributed by atoms with Gasteiger partial charge in [0.15, 0.2) is 0 Å². The minimum Gasteiger partial charge on any atom is -0.491 e. The van der Waals surface area contributed by atoms with Gasteiger partial charge in [0.2, 0.25) is 0 Å². The third kappa shape index (κ3) is 4.04. The van der Waals surface area contributed by atoms with Crippen LogP contribution in [0.2, 0.25) is 0 Å². The zero-order valence-electron chi connectivity index (χ0n) is 11.4. The van der Waals surface area contributed by atoms with Gasteiger partial charge in [-0.05, 0) is 36.0 Å². The molecule has 0 heterocycles. The predicted molar refractivity (Wildman–Crippen MR) is 71.6 cm³/mol. The Morgan fingerprint density at radius 3 is 2.24 bits per heavy atom. The second-order valence-corrected chi connectivity index (χ2v) is 5.13. The van der Waals surface area contributed by atoms with Gasteiger partial charge in [0.25, 0.3) is 0 Å². The average Bonchev–Trinajstić information content (AvgIpc) is 2.36. The summed E-state index contributed by atoms with van der Waals surface area (Å²) >= 11 is 0. The van der Waals surface area contributed by atoms with E-state index in [1.807, 2.05) is 19.1 Å². The van der Waals surface area contributed by atoms with Crippen LogP contribution in [0.4, 0.5) is 0 Å². The molecule has 1 atom stereocenters. The molecule has 96 valence electrons. The van der Waals surface area contributed by atoms with Gasteiger partial charge in [0.1, 0.15) is 12.4 Å². The van der Waals surface area contributed by atoms with Crippen LogP contribution in [-0.2, 0) is 5.41 Å². The van der Waals surface area contributed by atoms with Crippen LogP contribution < -0.4 is 4.74 Å². The van der Waals surface area contributed by atoms with E-state index in [0.29, 0.717) is 6.61 Å². The van der Waals surface area contributed by atoms with Crippen LogP contribution in [-0.4, -0.2) is 17.8 Å². The number of rotatable bonds is 6. The van der Waals surface area contributed by atoms with E-state index in [1.165, 1.54) is 5.56 Å². The predicted octanol–water partition coefficient (Wildman–Crippen LogP) is 3.52. The molecule has 1 rings (SSSR count). The first-order valence-electron chi connectivity index (χ1n) is 6.41. The summed E-state index contributed by atoms with van der Waals surface area (Å²) in [5, 5.41) is 9.42. The van der Waals surface area contributed by atoms with Crippen molar-refractivity contribution in [3.63, 3.8) is 0 Å². The number of aliphatic hydroxyl groups excluding tert-OH is 1. The lowest BCUT2D eigenvalue weighted by molar-refractivity contribution is 0.104. The fraction of sp³-hybridized carbons (Fsp3) is 0.600. The summed E-state index contributed by atoms with van der Waals surface area (Å²) in [7, 11) is 0. The Morgan fingerprint density at radius 1 is 1.18 bits per heavy atom. The zero-order valence-corrected chi connectivity index (χ0v) is 11.4. The fourth-order valence-electron chi connectivity index (χ4n) is 1.52. The highest BCUT2D eigenvalue weighted by Crippen LogP contribution is 2.28. The quantitative estimate of drug-likeness (QED) is 0.819. The Labute approximate surface area is 105 Å². The molecule has 2 heteroatoms. The number of aliphatic hydroxyl groups is 1. The molecule has 0 bridgehead atoms. The van der Waals surface area contributed by atoms with E-state index in [2.05, 4.69) is 32.9 Å². The first-order valence-corrected chi connectivity index (χ1v) is 6.41. The third-order valence-electron chi connectivity index (χ3n) is 3.43. The lowest BCUT2D eigenvalue weighted by Crippen LogP contribution is -2.17. The number of hydrogen-bond donors (Lipinski definition) is 1. The van der Waals surface area contributed by atoms with Crippen LogP contribution >= 0.6 is 0 Å². The minimum atomic E-state index is -0.373. The number of benzene rings is 1. The molecule has 1 N–H and O–H groups in total. The van der Waals surface area contributed by atoms with E-state index in [0.717, 1.165) is 18.6 Å². The molecule has 0 radical (unpaired) electrons. The monoisotopic (exact) mass is 236 g/mol. The van der Waals surface area contributed by atoms with Crippen LogP contribution in [0.5, 0.6) is 5.75 Å². The van der Waals surface area contributed by atoms with Crippen LogP contribution in [0.3, 0.4) is 0 Å². The largest absolute Gasteiger partial charge is 0.491 e. The molecule has 0 fully saturated rings. The molecule has 0 saturated carbocycles. The van der Waals surface area contributed by atoms with Crippen molar-refractivity contribution in [2.75, 3.05) is 6.61 Å². The van der Waals surface area contributed by atoms with Crippen molar-refractivity contribution < 1.29 is 9.84 Å². The van der Waals surface area contributed by atoms with E-state index in [1.54, 1.807) is 0 Å². The van der Waals surface area contributed by atoms with Gasteiger partial charge in [0, 0.05) is 0 Å². The molecular formula is C15H24O2. The molecule has 17 heavy (non-hydrogen) atoms. The molecule has 1 aromatic carbocycles. The van der Waals surface area contributed by atoms with Crippen LogP contribution in [0.1, 0.15) is 46.1 Å². The second-order valence-electron chi connectivity index (χ2n) is 5.13. The minimum absolute atomic E-state index is 0.210. The van der Waals surface area contributed by atoms with Crippen molar-refractivity contribution in [3.05, 3.63) is 29.8 Å². The van der Waals surface area contributed by atoms with Crippen molar-refractivity contribution in [2.24, 2.45) is 0 Å². The van der Waals surface area contributed by atoms with Gasteiger partial charge < -0.3 is 9.84 Å². The Morgan fingerprint density at radius 2 is 1.76 bits per heavy atom. The van der Waals surface area contributed by atoms with Gasteiger partial charge in [-0.3, -0.25) is 0 Å². The summed E-state index contributed by atoms with van der Waals surface area (Å²) in [6, 6.07) is 8.18. The van der Waals surface area contributed by atoms with E-state index < -0.39 is 0 Å². The fourth-order valence-corrected chi connectivity index (χ4v) is 1.52. The molecule has 1 unspecified atom stereocenters. The molecule has 0 aliphatic heterocycles. The molecule has 0 aliphatic carbocycles. The van der Waals surface area contributed by atoms with Gasteiger partial charge in [-0.15, -0.1) is 0 Å².